The molecule has 0 aliphatic heterocycles. The van der Waals surface area contributed by atoms with E-state index in [1.807, 2.05) is 51.1 Å². The Labute approximate surface area is 293 Å². The number of ether oxygens (including phenoxy) is 1. The van der Waals surface area contributed by atoms with Gasteiger partial charge in [0.1, 0.15) is 18.3 Å². The highest BCUT2D eigenvalue weighted by Crippen LogP contribution is 2.33. The van der Waals surface area contributed by atoms with Crippen molar-refractivity contribution in [2.24, 2.45) is 5.92 Å². The van der Waals surface area contributed by atoms with Crippen LogP contribution in [0.25, 0.3) is 0 Å². The summed E-state index contributed by atoms with van der Waals surface area (Å²) in [5.41, 5.74) is 2.45. The number of halogens is 2. The van der Waals surface area contributed by atoms with Crippen molar-refractivity contribution in [1.82, 2.24) is 10.2 Å². The Kier molecular flexibility index (Phi) is 12.9. The molecule has 1 atom stereocenters. The van der Waals surface area contributed by atoms with Gasteiger partial charge in [-0.25, -0.2) is 8.42 Å². The predicted molar refractivity (Wildman–Crippen MR) is 192 cm³/mol. The van der Waals surface area contributed by atoms with Gasteiger partial charge in [0.25, 0.3) is 10.0 Å². The quantitative estimate of drug-likeness (QED) is 0.140. The van der Waals surface area contributed by atoms with Gasteiger partial charge in [-0.1, -0.05) is 103 Å². The summed E-state index contributed by atoms with van der Waals surface area (Å²) >= 11 is 12.8. The van der Waals surface area contributed by atoms with Crippen LogP contribution in [0.5, 0.6) is 5.75 Å². The van der Waals surface area contributed by atoms with Gasteiger partial charge < -0.3 is 15.0 Å². The maximum Gasteiger partial charge on any atom is 0.264 e. The van der Waals surface area contributed by atoms with Gasteiger partial charge in [-0.3, -0.25) is 13.9 Å². The van der Waals surface area contributed by atoms with Gasteiger partial charge in [-0.2, -0.15) is 0 Å². The first-order valence-corrected chi connectivity index (χ1v) is 18.0. The van der Waals surface area contributed by atoms with Crippen LogP contribution in [0.2, 0.25) is 10.0 Å². The number of hydrogen-bond acceptors (Lipinski definition) is 5. The van der Waals surface area contributed by atoms with Crippen molar-refractivity contribution < 1.29 is 22.7 Å². The van der Waals surface area contributed by atoms with Crippen molar-refractivity contribution >= 4 is 50.7 Å². The van der Waals surface area contributed by atoms with Gasteiger partial charge in [0.05, 0.1) is 17.2 Å². The Morgan fingerprint density at radius 2 is 1.56 bits per heavy atom. The van der Waals surface area contributed by atoms with E-state index in [4.69, 9.17) is 27.9 Å². The molecule has 11 heteroatoms. The van der Waals surface area contributed by atoms with Crippen LogP contribution in [-0.4, -0.2) is 50.9 Å². The Morgan fingerprint density at radius 1 is 0.896 bits per heavy atom. The minimum absolute atomic E-state index is 0.00927. The summed E-state index contributed by atoms with van der Waals surface area (Å²) in [5, 5.41) is 3.71. The molecule has 2 amide bonds. The zero-order valence-electron chi connectivity index (χ0n) is 27.5. The van der Waals surface area contributed by atoms with Crippen molar-refractivity contribution in [3.63, 3.8) is 0 Å². The number of aryl methyl sites for hydroxylation is 1. The molecular weight excluding hydrogens is 669 g/mol. The molecular formula is C37H41Cl2N3O5S. The fourth-order valence-electron chi connectivity index (χ4n) is 5.10. The van der Waals surface area contributed by atoms with Crippen molar-refractivity contribution in [3.8, 4) is 5.75 Å². The van der Waals surface area contributed by atoms with Gasteiger partial charge in [0.2, 0.25) is 11.8 Å². The third kappa shape index (κ3) is 9.52. The van der Waals surface area contributed by atoms with Crippen LogP contribution in [0, 0.1) is 12.8 Å². The Balaban J connectivity index is 1.85. The first-order valence-electron chi connectivity index (χ1n) is 15.8. The van der Waals surface area contributed by atoms with Crippen LogP contribution in [0.1, 0.15) is 37.5 Å². The number of nitrogens with one attached hydrogen (secondary N) is 1. The molecule has 0 aliphatic carbocycles. The molecule has 0 aliphatic rings. The molecule has 4 aromatic carbocycles. The van der Waals surface area contributed by atoms with Crippen LogP contribution in [0.3, 0.4) is 0 Å². The molecule has 4 aromatic rings. The minimum Gasteiger partial charge on any atom is -0.492 e. The summed E-state index contributed by atoms with van der Waals surface area (Å²) in [6.45, 7) is 7.59. The highest BCUT2D eigenvalue weighted by Gasteiger charge is 2.36. The highest BCUT2D eigenvalue weighted by molar-refractivity contribution is 7.92. The summed E-state index contributed by atoms with van der Waals surface area (Å²) in [5.74, 6) is -0.519. The molecule has 0 aromatic heterocycles. The van der Waals surface area contributed by atoms with Crippen LogP contribution in [0.15, 0.2) is 102 Å². The number of carbonyl (C=O) groups excluding carboxylic acids is 2. The number of hydrogen-bond donors (Lipinski definition) is 1. The van der Waals surface area contributed by atoms with E-state index < -0.39 is 28.5 Å². The van der Waals surface area contributed by atoms with Crippen molar-refractivity contribution in [2.45, 2.75) is 51.6 Å². The number of amides is 2. The van der Waals surface area contributed by atoms with Gasteiger partial charge in [0, 0.05) is 29.6 Å². The SMILES string of the molecule is CCOc1ccccc1N(CC(=O)N(Cc1ccc(Cl)cc1Cl)C(Cc1ccccc1)C(=O)NCC(C)C)S(=O)(=O)c1ccc(C)cc1. The van der Waals surface area contributed by atoms with E-state index in [2.05, 4.69) is 5.32 Å². The lowest BCUT2D eigenvalue weighted by molar-refractivity contribution is -0.140. The van der Waals surface area contributed by atoms with Crippen LogP contribution < -0.4 is 14.4 Å². The fourth-order valence-corrected chi connectivity index (χ4v) is 6.99. The lowest BCUT2D eigenvalue weighted by Crippen LogP contribution is -2.53. The number of nitrogens with zero attached hydrogens (tertiary/aromatic N) is 2. The number of rotatable bonds is 15. The van der Waals surface area contributed by atoms with Gasteiger partial charge in [0.15, 0.2) is 0 Å². The van der Waals surface area contributed by atoms with E-state index in [1.54, 1.807) is 61.5 Å². The average molecular weight is 711 g/mol. The number of sulfonamides is 1. The third-order valence-corrected chi connectivity index (χ3v) is 9.99. The van der Waals surface area contributed by atoms with Crippen molar-refractivity contribution in [3.05, 3.63) is 124 Å². The maximum atomic E-state index is 14.7. The zero-order chi connectivity index (χ0) is 34.8. The smallest absolute Gasteiger partial charge is 0.264 e. The summed E-state index contributed by atoms with van der Waals surface area (Å²) in [6, 6.07) is 26.4. The first kappa shape index (κ1) is 36.8. The minimum atomic E-state index is -4.29. The number of para-hydroxylation sites is 2. The molecule has 0 saturated carbocycles. The molecule has 8 nitrogen and oxygen atoms in total. The molecule has 0 spiro atoms. The number of benzene rings is 4. The summed E-state index contributed by atoms with van der Waals surface area (Å²) in [4.78, 5) is 30.1. The maximum absolute atomic E-state index is 14.7. The summed E-state index contributed by atoms with van der Waals surface area (Å²) in [6.07, 6.45) is 0.183. The van der Waals surface area contributed by atoms with E-state index >= 15 is 0 Å². The molecule has 0 fully saturated rings. The zero-order valence-corrected chi connectivity index (χ0v) is 29.9. The molecule has 0 bridgehead atoms. The van der Waals surface area contributed by atoms with E-state index in [-0.39, 0.29) is 42.0 Å². The standard InChI is InChI=1S/C37H41Cl2N3O5S/c1-5-47-35-14-10-9-13-33(35)42(48(45,46)31-19-15-27(4)16-20-31)25-36(43)41(24-29-17-18-30(38)22-32(29)39)34(37(44)40-23-26(2)3)21-28-11-7-6-8-12-28/h6-20,22,26,34H,5,21,23-25H2,1-4H3,(H,40,44). The second-order valence-electron chi connectivity index (χ2n) is 11.8. The second kappa shape index (κ2) is 16.9. The molecule has 0 heterocycles. The Hall–Kier alpha value is -4.05. The first-order chi connectivity index (χ1) is 22.9. The monoisotopic (exact) mass is 709 g/mol. The van der Waals surface area contributed by atoms with Crippen molar-refractivity contribution in [1.29, 1.82) is 0 Å². The fraction of sp³-hybridized carbons (Fsp3) is 0.297. The van der Waals surface area contributed by atoms with Gasteiger partial charge in [-0.05, 0) is 67.3 Å². The van der Waals surface area contributed by atoms with Gasteiger partial charge in [-0.15, -0.1) is 0 Å². The largest absolute Gasteiger partial charge is 0.492 e. The second-order valence-corrected chi connectivity index (χ2v) is 14.5. The number of carbonyl (C=O) groups is 2. The molecule has 254 valence electrons. The van der Waals surface area contributed by atoms with E-state index in [9.17, 15) is 18.0 Å². The molecule has 1 unspecified atom stereocenters. The van der Waals surface area contributed by atoms with E-state index in [0.717, 1.165) is 15.4 Å². The van der Waals surface area contributed by atoms with Crippen LogP contribution in [-0.2, 0) is 32.6 Å². The predicted octanol–water partition coefficient (Wildman–Crippen LogP) is 7.31. The summed E-state index contributed by atoms with van der Waals surface area (Å²) < 4.78 is 35.6. The van der Waals surface area contributed by atoms with Crippen LogP contribution in [0.4, 0.5) is 5.69 Å². The Morgan fingerprint density at radius 3 is 2.21 bits per heavy atom. The Bertz CT molecular complexity index is 1800. The number of anilines is 1. The normalized spacial score (nSPS) is 12.0. The molecule has 1 N–H and O–H groups in total. The lowest BCUT2D eigenvalue weighted by atomic mass is 10.0. The average Bonchev–Trinajstić information content (AvgIpc) is 3.06. The molecule has 0 radical (unpaired) electrons. The molecule has 0 saturated heterocycles. The third-order valence-electron chi connectivity index (χ3n) is 7.63. The van der Waals surface area contributed by atoms with Crippen molar-refractivity contribution in [2.75, 3.05) is 24.0 Å². The molecule has 48 heavy (non-hydrogen) atoms. The lowest BCUT2D eigenvalue weighted by Gasteiger charge is -2.34. The topological polar surface area (TPSA) is 96.0 Å². The van der Waals surface area contributed by atoms with Crippen LogP contribution >= 0.6 is 23.2 Å². The summed E-state index contributed by atoms with van der Waals surface area (Å²) in [7, 11) is -4.29. The van der Waals surface area contributed by atoms with E-state index in [1.165, 1.54) is 17.0 Å². The molecule has 4 rings (SSSR count). The van der Waals surface area contributed by atoms with E-state index in [0.29, 0.717) is 27.9 Å². The highest BCUT2D eigenvalue weighted by atomic mass is 35.5. The van der Waals surface area contributed by atoms with Gasteiger partial charge >= 0.3 is 0 Å².